The molecule has 7 heteroatoms. The molecule has 154 valence electrons. The molecule has 2 amide bonds. The van der Waals surface area contributed by atoms with Crippen LogP contribution in [-0.4, -0.2) is 34.7 Å². The summed E-state index contributed by atoms with van der Waals surface area (Å²) in [5.74, 6) is 0.518. The molecular formula is C23H24N4O3. The van der Waals surface area contributed by atoms with Crippen LogP contribution >= 0.6 is 0 Å². The maximum absolute atomic E-state index is 12.1. The highest BCUT2D eigenvalue weighted by atomic mass is 16.5. The van der Waals surface area contributed by atoms with Crippen molar-refractivity contribution in [3.8, 4) is 11.4 Å². The Morgan fingerprint density at radius 2 is 1.90 bits per heavy atom. The van der Waals surface area contributed by atoms with Crippen molar-refractivity contribution in [3.63, 3.8) is 0 Å². The zero-order valence-corrected chi connectivity index (χ0v) is 16.6. The quantitative estimate of drug-likeness (QED) is 0.574. The Balaban J connectivity index is 1.19. The first-order chi connectivity index (χ1) is 14.7. The average molecular weight is 404 g/mol. The number of para-hydroxylation sites is 1. The van der Waals surface area contributed by atoms with Crippen LogP contribution in [-0.2, 0) is 16.0 Å². The van der Waals surface area contributed by atoms with Crippen molar-refractivity contribution in [1.29, 1.82) is 0 Å². The van der Waals surface area contributed by atoms with Crippen molar-refractivity contribution in [3.05, 3.63) is 72.6 Å². The normalized spacial score (nSPS) is 12.9. The predicted octanol–water partition coefficient (Wildman–Crippen LogP) is 2.96. The van der Waals surface area contributed by atoms with Crippen molar-refractivity contribution in [2.75, 3.05) is 18.5 Å². The molecule has 0 atom stereocenters. The highest BCUT2D eigenvalue weighted by Crippen LogP contribution is 2.30. The zero-order chi connectivity index (χ0) is 20.8. The summed E-state index contributed by atoms with van der Waals surface area (Å²) in [6.45, 7) is 0.393. The maximum Gasteiger partial charge on any atom is 0.257 e. The van der Waals surface area contributed by atoms with E-state index in [1.165, 1.54) is 0 Å². The number of aromatic nitrogens is 2. The fourth-order valence-corrected chi connectivity index (χ4v) is 3.00. The minimum atomic E-state index is -0.204. The van der Waals surface area contributed by atoms with Crippen molar-refractivity contribution in [2.45, 2.75) is 19.3 Å². The zero-order valence-electron chi connectivity index (χ0n) is 16.6. The molecule has 2 N–H and O–H groups in total. The van der Waals surface area contributed by atoms with Crippen LogP contribution < -0.4 is 15.4 Å². The van der Waals surface area contributed by atoms with Gasteiger partial charge in [-0.1, -0.05) is 24.3 Å². The largest absolute Gasteiger partial charge is 0.484 e. The van der Waals surface area contributed by atoms with Crippen LogP contribution in [0.25, 0.3) is 5.69 Å². The first-order valence-electron chi connectivity index (χ1n) is 10.1. The third-order valence-corrected chi connectivity index (χ3v) is 4.79. The lowest BCUT2D eigenvalue weighted by atomic mass is 10.3. The van der Waals surface area contributed by atoms with E-state index in [0.29, 0.717) is 24.4 Å². The Morgan fingerprint density at radius 1 is 1.07 bits per heavy atom. The summed E-state index contributed by atoms with van der Waals surface area (Å²) in [6.07, 6.45) is 4.45. The van der Waals surface area contributed by atoms with Crippen LogP contribution in [0.1, 0.15) is 18.5 Å². The number of nitrogens with one attached hydrogen (secondary N) is 2. The Hall–Kier alpha value is -3.61. The number of ether oxygens (including phenoxy) is 1. The van der Waals surface area contributed by atoms with Gasteiger partial charge in [0.1, 0.15) is 5.75 Å². The van der Waals surface area contributed by atoms with E-state index >= 15 is 0 Å². The topological polar surface area (TPSA) is 85.2 Å². The Kier molecular flexibility index (Phi) is 6.08. The number of hydrogen-bond donors (Lipinski definition) is 2. The molecule has 3 aromatic rings. The van der Waals surface area contributed by atoms with Gasteiger partial charge in [-0.05, 0) is 43.2 Å². The van der Waals surface area contributed by atoms with Crippen LogP contribution in [0.15, 0.2) is 66.9 Å². The molecule has 0 saturated heterocycles. The van der Waals surface area contributed by atoms with Gasteiger partial charge in [0.25, 0.3) is 5.91 Å². The van der Waals surface area contributed by atoms with Crippen LogP contribution in [0.2, 0.25) is 0 Å². The monoisotopic (exact) mass is 404 g/mol. The maximum atomic E-state index is 12.1. The number of carbonyl (C=O) groups excluding carboxylic acids is 2. The number of benzene rings is 2. The Labute approximate surface area is 175 Å². The predicted molar refractivity (Wildman–Crippen MR) is 114 cm³/mol. The van der Waals surface area contributed by atoms with E-state index in [1.807, 2.05) is 53.3 Å². The second-order valence-electron chi connectivity index (χ2n) is 7.27. The summed E-state index contributed by atoms with van der Waals surface area (Å²) in [7, 11) is 0. The van der Waals surface area contributed by atoms with Crippen LogP contribution in [0.3, 0.4) is 0 Å². The molecule has 0 unspecified atom stereocenters. The van der Waals surface area contributed by atoms with Crippen LogP contribution in [0, 0.1) is 5.92 Å². The highest BCUT2D eigenvalue weighted by Gasteiger charge is 2.29. The molecule has 0 aliphatic heterocycles. The van der Waals surface area contributed by atoms with E-state index in [0.717, 1.165) is 24.2 Å². The van der Waals surface area contributed by atoms with E-state index in [-0.39, 0.29) is 24.3 Å². The fourth-order valence-electron chi connectivity index (χ4n) is 3.00. The molecule has 7 nitrogen and oxygen atoms in total. The van der Waals surface area contributed by atoms with Crippen LogP contribution in [0.4, 0.5) is 5.69 Å². The molecule has 1 fully saturated rings. The van der Waals surface area contributed by atoms with Gasteiger partial charge >= 0.3 is 0 Å². The second-order valence-corrected chi connectivity index (χ2v) is 7.27. The van der Waals surface area contributed by atoms with E-state index in [1.54, 1.807) is 18.2 Å². The Morgan fingerprint density at radius 3 is 2.70 bits per heavy atom. The van der Waals surface area contributed by atoms with Crippen molar-refractivity contribution >= 4 is 17.5 Å². The lowest BCUT2D eigenvalue weighted by molar-refractivity contribution is -0.123. The summed E-state index contributed by atoms with van der Waals surface area (Å²) >= 11 is 0. The summed E-state index contributed by atoms with van der Waals surface area (Å²) in [5.41, 5.74) is 2.58. The van der Waals surface area contributed by atoms with Gasteiger partial charge in [-0.3, -0.25) is 9.59 Å². The fraction of sp³-hybridized carbons (Fsp3) is 0.261. The van der Waals surface area contributed by atoms with Gasteiger partial charge in [0.2, 0.25) is 5.91 Å². The molecule has 2 aromatic carbocycles. The summed E-state index contributed by atoms with van der Waals surface area (Å²) in [6, 6.07) is 18.9. The molecule has 1 saturated carbocycles. The molecule has 1 aromatic heterocycles. The lowest BCUT2D eigenvalue weighted by Crippen LogP contribution is -2.30. The number of carbonyl (C=O) groups is 2. The highest BCUT2D eigenvalue weighted by molar-refractivity contribution is 5.94. The molecule has 4 rings (SSSR count). The summed E-state index contributed by atoms with van der Waals surface area (Å²) in [5, 5.41) is 10.2. The van der Waals surface area contributed by atoms with E-state index in [9.17, 15) is 9.59 Å². The van der Waals surface area contributed by atoms with Crippen molar-refractivity contribution < 1.29 is 14.3 Å². The van der Waals surface area contributed by atoms with Gasteiger partial charge in [0.05, 0.1) is 11.4 Å². The van der Waals surface area contributed by atoms with Gasteiger partial charge in [0.15, 0.2) is 6.61 Å². The van der Waals surface area contributed by atoms with Crippen LogP contribution in [0.5, 0.6) is 5.75 Å². The molecule has 1 heterocycles. The minimum Gasteiger partial charge on any atom is -0.484 e. The van der Waals surface area contributed by atoms with Crippen molar-refractivity contribution in [2.24, 2.45) is 5.92 Å². The van der Waals surface area contributed by atoms with Gasteiger partial charge in [0, 0.05) is 36.8 Å². The Bertz CT molecular complexity index is 1010. The molecule has 0 radical (unpaired) electrons. The molecule has 0 bridgehead atoms. The minimum absolute atomic E-state index is 0.0413. The van der Waals surface area contributed by atoms with E-state index < -0.39 is 0 Å². The number of nitrogens with zero attached hydrogens (tertiary/aromatic N) is 2. The summed E-state index contributed by atoms with van der Waals surface area (Å²) < 4.78 is 7.36. The molecular weight excluding hydrogens is 380 g/mol. The van der Waals surface area contributed by atoms with E-state index in [4.69, 9.17) is 4.74 Å². The SMILES string of the molecule is O=C(COc1cccc(NC(=O)C2CC2)c1)NCCc1ccn(-c2ccccc2)n1. The third kappa shape index (κ3) is 5.47. The van der Waals surface area contributed by atoms with Gasteiger partial charge in [-0.25, -0.2) is 4.68 Å². The summed E-state index contributed by atoms with van der Waals surface area (Å²) in [4.78, 5) is 23.9. The average Bonchev–Trinajstić information content (AvgIpc) is 3.52. The smallest absolute Gasteiger partial charge is 0.257 e. The van der Waals surface area contributed by atoms with Gasteiger partial charge < -0.3 is 15.4 Å². The second kappa shape index (κ2) is 9.26. The molecule has 0 spiro atoms. The van der Waals surface area contributed by atoms with E-state index in [2.05, 4.69) is 15.7 Å². The number of rotatable bonds is 9. The first kappa shape index (κ1) is 19.7. The molecule has 1 aliphatic rings. The number of hydrogen-bond acceptors (Lipinski definition) is 4. The third-order valence-electron chi connectivity index (χ3n) is 4.79. The standard InChI is InChI=1S/C23H24N4O3/c28-22(16-30-21-8-4-5-19(15-21)25-23(29)17-9-10-17)24-13-11-18-12-14-27(26-18)20-6-2-1-3-7-20/h1-8,12,14-15,17H,9-11,13,16H2,(H,24,28)(H,25,29). The van der Waals surface area contributed by atoms with Crippen molar-refractivity contribution in [1.82, 2.24) is 15.1 Å². The van der Waals surface area contributed by atoms with Gasteiger partial charge in [-0.15, -0.1) is 0 Å². The van der Waals surface area contributed by atoms with Gasteiger partial charge in [-0.2, -0.15) is 5.10 Å². The molecule has 1 aliphatic carbocycles. The first-order valence-corrected chi connectivity index (χ1v) is 10.1. The number of amides is 2. The lowest BCUT2D eigenvalue weighted by Gasteiger charge is -2.09. The number of anilines is 1. The molecule has 30 heavy (non-hydrogen) atoms.